The maximum absolute atomic E-state index is 11.8. The minimum Gasteiger partial charge on any atom is -0.385 e. The second kappa shape index (κ2) is 10.6. The smallest absolute Gasteiger partial charge is 0.223 e. The van der Waals surface area contributed by atoms with Crippen molar-refractivity contribution >= 4 is 18.3 Å². The number of hydrogen-bond acceptors (Lipinski definition) is 3. The Kier molecular flexibility index (Phi) is 10.4. The van der Waals surface area contributed by atoms with Crippen molar-refractivity contribution in [1.29, 1.82) is 0 Å². The van der Waals surface area contributed by atoms with Crippen molar-refractivity contribution in [2.75, 3.05) is 20.3 Å². The Hall–Kier alpha value is -0.320. The zero-order valence-corrected chi connectivity index (χ0v) is 12.1. The van der Waals surface area contributed by atoms with Gasteiger partial charge in [0, 0.05) is 32.2 Å². The summed E-state index contributed by atoms with van der Waals surface area (Å²) < 4.78 is 4.98. The van der Waals surface area contributed by atoms with Gasteiger partial charge in [-0.3, -0.25) is 4.79 Å². The van der Waals surface area contributed by atoms with Gasteiger partial charge < -0.3 is 15.8 Å². The minimum atomic E-state index is 0. The molecule has 0 spiro atoms. The summed E-state index contributed by atoms with van der Waals surface area (Å²) in [6.07, 6.45) is 7.24. The summed E-state index contributed by atoms with van der Waals surface area (Å²) in [6.45, 7) is 1.60. The van der Waals surface area contributed by atoms with Crippen LogP contribution in [0.25, 0.3) is 0 Å². The number of halogens is 1. The third-order valence-electron chi connectivity index (χ3n) is 3.41. The molecule has 5 heteroatoms. The fourth-order valence-corrected chi connectivity index (χ4v) is 2.37. The second-order valence-electron chi connectivity index (χ2n) is 4.97. The predicted octanol–water partition coefficient (Wildman–Crippen LogP) is 1.86. The van der Waals surface area contributed by atoms with Crippen molar-refractivity contribution in [3.63, 3.8) is 0 Å². The lowest BCUT2D eigenvalue weighted by Crippen LogP contribution is -2.38. The number of carbonyl (C=O) groups excluding carboxylic acids is 1. The maximum atomic E-state index is 11.8. The average Bonchev–Trinajstić information content (AvgIpc) is 2.33. The van der Waals surface area contributed by atoms with Gasteiger partial charge in [0.2, 0.25) is 5.91 Å². The molecule has 0 aromatic heterocycles. The third-order valence-corrected chi connectivity index (χ3v) is 3.41. The highest BCUT2D eigenvalue weighted by Gasteiger charge is 2.24. The number of nitrogens with two attached hydrogens (primary N) is 1. The van der Waals surface area contributed by atoms with Crippen LogP contribution in [0.3, 0.4) is 0 Å². The number of amides is 1. The van der Waals surface area contributed by atoms with Crippen LogP contribution >= 0.6 is 12.4 Å². The van der Waals surface area contributed by atoms with E-state index in [0.717, 1.165) is 58.1 Å². The quantitative estimate of drug-likeness (QED) is 0.699. The number of hydrogen-bond donors (Lipinski definition) is 2. The van der Waals surface area contributed by atoms with E-state index in [2.05, 4.69) is 5.32 Å². The first-order valence-corrected chi connectivity index (χ1v) is 6.76. The van der Waals surface area contributed by atoms with E-state index in [0.29, 0.717) is 0 Å². The summed E-state index contributed by atoms with van der Waals surface area (Å²) in [7, 11) is 1.72. The Labute approximate surface area is 116 Å². The van der Waals surface area contributed by atoms with Crippen molar-refractivity contribution in [2.45, 2.75) is 51.0 Å². The molecule has 0 aliphatic heterocycles. The Morgan fingerprint density at radius 3 is 2.78 bits per heavy atom. The van der Waals surface area contributed by atoms with Crippen molar-refractivity contribution < 1.29 is 9.53 Å². The van der Waals surface area contributed by atoms with Crippen LogP contribution in [0.2, 0.25) is 0 Å². The highest BCUT2D eigenvalue weighted by molar-refractivity contribution is 5.85. The molecule has 2 atom stereocenters. The van der Waals surface area contributed by atoms with E-state index in [-0.39, 0.29) is 30.3 Å². The van der Waals surface area contributed by atoms with Gasteiger partial charge >= 0.3 is 0 Å². The van der Waals surface area contributed by atoms with Gasteiger partial charge in [0.15, 0.2) is 0 Å². The monoisotopic (exact) mass is 278 g/mol. The molecule has 1 saturated carbocycles. The van der Waals surface area contributed by atoms with Gasteiger partial charge in [-0.25, -0.2) is 0 Å². The van der Waals surface area contributed by atoms with Gasteiger partial charge in [-0.1, -0.05) is 6.42 Å². The van der Waals surface area contributed by atoms with E-state index in [1.54, 1.807) is 7.11 Å². The lowest BCUT2D eigenvalue weighted by atomic mass is 9.85. The second-order valence-corrected chi connectivity index (χ2v) is 4.97. The first kappa shape index (κ1) is 17.7. The van der Waals surface area contributed by atoms with Crippen LogP contribution in [0.15, 0.2) is 0 Å². The topological polar surface area (TPSA) is 64.3 Å². The fraction of sp³-hybridized carbons (Fsp3) is 0.923. The van der Waals surface area contributed by atoms with E-state index in [4.69, 9.17) is 10.5 Å². The molecule has 0 radical (unpaired) electrons. The largest absolute Gasteiger partial charge is 0.385 e. The lowest BCUT2D eigenvalue weighted by molar-refractivity contribution is -0.126. The summed E-state index contributed by atoms with van der Waals surface area (Å²) >= 11 is 0. The molecule has 0 aromatic carbocycles. The Morgan fingerprint density at radius 1 is 1.33 bits per heavy atom. The van der Waals surface area contributed by atoms with E-state index < -0.39 is 0 Å². The molecule has 1 aliphatic rings. The number of rotatable bonds is 7. The summed E-state index contributed by atoms with van der Waals surface area (Å²) in [5.41, 5.74) is 5.88. The number of nitrogens with one attached hydrogen (secondary N) is 1. The summed E-state index contributed by atoms with van der Waals surface area (Å²) in [4.78, 5) is 11.8. The number of ether oxygens (including phenoxy) is 1. The standard InChI is InChI=1S/C13H26N2O2.ClH/c1-17-9-4-2-3-8-15-13(16)11-6-5-7-12(14)10-11;/h11-12H,2-10,14H2,1H3,(H,15,16);1H. The van der Waals surface area contributed by atoms with Gasteiger partial charge in [0.25, 0.3) is 0 Å². The van der Waals surface area contributed by atoms with Crippen LogP contribution in [-0.4, -0.2) is 32.2 Å². The molecular formula is C13H27ClN2O2. The molecule has 1 aliphatic carbocycles. The van der Waals surface area contributed by atoms with Crippen molar-refractivity contribution in [1.82, 2.24) is 5.32 Å². The minimum absolute atomic E-state index is 0. The zero-order chi connectivity index (χ0) is 12.5. The molecule has 0 saturated heterocycles. The average molecular weight is 279 g/mol. The Balaban J connectivity index is 0.00000289. The van der Waals surface area contributed by atoms with Crippen LogP contribution < -0.4 is 11.1 Å². The molecule has 2 unspecified atom stereocenters. The molecule has 0 heterocycles. The van der Waals surface area contributed by atoms with Crippen LogP contribution in [0, 0.1) is 5.92 Å². The van der Waals surface area contributed by atoms with Gasteiger partial charge in [0.1, 0.15) is 0 Å². The van der Waals surface area contributed by atoms with Crippen molar-refractivity contribution in [2.24, 2.45) is 11.7 Å². The molecule has 0 bridgehead atoms. The molecule has 108 valence electrons. The van der Waals surface area contributed by atoms with E-state index in [1.165, 1.54) is 0 Å². The van der Waals surface area contributed by atoms with E-state index in [1.807, 2.05) is 0 Å². The van der Waals surface area contributed by atoms with Crippen molar-refractivity contribution in [3.05, 3.63) is 0 Å². The zero-order valence-electron chi connectivity index (χ0n) is 11.3. The molecular weight excluding hydrogens is 252 g/mol. The van der Waals surface area contributed by atoms with Crippen molar-refractivity contribution in [3.8, 4) is 0 Å². The molecule has 1 rings (SSSR count). The normalized spacial score (nSPS) is 23.2. The summed E-state index contributed by atoms with van der Waals surface area (Å²) in [6, 6.07) is 0.223. The molecule has 1 fully saturated rings. The van der Waals surface area contributed by atoms with Crippen LogP contribution in [0.4, 0.5) is 0 Å². The van der Waals surface area contributed by atoms with Gasteiger partial charge in [-0.05, 0) is 38.5 Å². The highest BCUT2D eigenvalue weighted by Crippen LogP contribution is 2.22. The SMILES string of the molecule is COCCCCCNC(=O)C1CCCC(N)C1.Cl. The fourth-order valence-electron chi connectivity index (χ4n) is 2.37. The molecule has 4 nitrogen and oxygen atoms in total. The highest BCUT2D eigenvalue weighted by atomic mass is 35.5. The van der Waals surface area contributed by atoms with Crippen LogP contribution in [0.1, 0.15) is 44.9 Å². The first-order chi connectivity index (χ1) is 8.24. The van der Waals surface area contributed by atoms with Crippen LogP contribution in [0.5, 0.6) is 0 Å². The van der Waals surface area contributed by atoms with Gasteiger partial charge in [0.05, 0.1) is 0 Å². The van der Waals surface area contributed by atoms with Crippen LogP contribution in [-0.2, 0) is 9.53 Å². The number of unbranched alkanes of at least 4 members (excludes halogenated alkanes) is 2. The van der Waals surface area contributed by atoms with Gasteiger partial charge in [-0.2, -0.15) is 0 Å². The third kappa shape index (κ3) is 7.19. The van der Waals surface area contributed by atoms with E-state index in [9.17, 15) is 4.79 Å². The number of carbonyl (C=O) groups is 1. The van der Waals surface area contributed by atoms with E-state index >= 15 is 0 Å². The lowest BCUT2D eigenvalue weighted by Gasteiger charge is -2.25. The summed E-state index contributed by atoms with van der Waals surface area (Å²) in [5, 5.41) is 3.01. The van der Waals surface area contributed by atoms with Gasteiger partial charge in [-0.15, -0.1) is 12.4 Å². The molecule has 0 aromatic rings. The molecule has 18 heavy (non-hydrogen) atoms. The maximum Gasteiger partial charge on any atom is 0.223 e. The Morgan fingerprint density at radius 2 is 2.11 bits per heavy atom. The molecule has 1 amide bonds. The molecule has 3 N–H and O–H groups in total. The summed E-state index contributed by atoms with van der Waals surface area (Å²) in [5.74, 6) is 0.351. The first-order valence-electron chi connectivity index (χ1n) is 6.76. The Bertz CT molecular complexity index is 227. The predicted molar refractivity (Wildman–Crippen MR) is 75.9 cm³/mol. The number of methoxy groups -OCH3 is 1.